The molecule has 0 aliphatic rings. The monoisotopic (exact) mass is 277 g/mol. The van der Waals surface area contributed by atoms with E-state index in [1.54, 1.807) is 0 Å². The molecule has 0 radical (unpaired) electrons. The van der Waals surface area contributed by atoms with Gasteiger partial charge in [0.1, 0.15) is 5.75 Å². The van der Waals surface area contributed by atoms with E-state index in [2.05, 4.69) is 45.1 Å². The highest BCUT2D eigenvalue weighted by molar-refractivity contribution is 5.43. The fraction of sp³-hybridized carbons (Fsp3) is 0.667. The zero-order valence-electron chi connectivity index (χ0n) is 13.7. The van der Waals surface area contributed by atoms with Gasteiger partial charge in [-0.2, -0.15) is 0 Å². The first-order valence-corrected chi connectivity index (χ1v) is 8.12. The summed E-state index contributed by atoms with van der Waals surface area (Å²) < 4.78 is 5.97. The van der Waals surface area contributed by atoms with Crippen LogP contribution in [0.3, 0.4) is 0 Å². The van der Waals surface area contributed by atoms with Gasteiger partial charge in [-0.1, -0.05) is 45.2 Å². The van der Waals surface area contributed by atoms with Crippen LogP contribution in [0.15, 0.2) is 12.1 Å². The Morgan fingerprint density at radius 1 is 0.950 bits per heavy atom. The first-order valence-electron chi connectivity index (χ1n) is 8.12. The van der Waals surface area contributed by atoms with E-state index in [1.807, 2.05) is 0 Å². The Morgan fingerprint density at radius 2 is 1.65 bits per heavy atom. The van der Waals surface area contributed by atoms with Gasteiger partial charge >= 0.3 is 0 Å². The average Bonchev–Trinajstić information content (AvgIpc) is 2.41. The van der Waals surface area contributed by atoms with Crippen LogP contribution >= 0.6 is 0 Å². The lowest BCUT2D eigenvalue weighted by Crippen LogP contribution is -2.14. The number of rotatable bonds is 10. The van der Waals surface area contributed by atoms with E-state index in [-0.39, 0.29) is 0 Å². The fourth-order valence-electron chi connectivity index (χ4n) is 2.48. The van der Waals surface area contributed by atoms with E-state index < -0.39 is 0 Å². The zero-order chi connectivity index (χ0) is 14.8. The molecule has 2 nitrogen and oxygen atoms in total. The Bertz CT molecular complexity index is 364. The Balaban J connectivity index is 2.51. The molecule has 0 saturated heterocycles. The third-order valence-electron chi connectivity index (χ3n) is 3.52. The summed E-state index contributed by atoms with van der Waals surface area (Å²) in [6.45, 7) is 11.6. The summed E-state index contributed by atoms with van der Waals surface area (Å²) in [7, 11) is 0. The lowest BCUT2D eigenvalue weighted by Gasteiger charge is -2.14. The number of hydrogen-bond donors (Lipinski definition) is 1. The van der Waals surface area contributed by atoms with Crippen LogP contribution in [0.5, 0.6) is 5.75 Å². The normalized spacial score (nSPS) is 10.8. The number of benzene rings is 1. The van der Waals surface area contributed by atoms with Crippen molar-refractivity contribution in [1.29, 1.82) is 0 Å². The molecule has 0 atom stereocenters. The molecule has 0 bridgehead atoms. The Hall–Kier alpha value is -1.02. The molecule has 0 aliphatic carbocycles. The van der Waals surface area contributed by atoms with Gasteiger partial charge in [0.2, 0.25) is 0 Å². The van der Waals surface area contributed by atoms with Crippen LogP contribution in [0, 0.1) is 13.8 Å². The van der Waals surface area contributed by atoms with Gasteiger partial charge in [-0.3, -0.25) is 0 Å². The highest BCUT2D eigenvalue weighted by Crippen LogP contribution is 2.25. The van der Waals surface area contributed by atoms with Crippen molar-refractivity contribution < 1.29 is 4.74 Å². The lowest BCUT2D eigenvalue weighted by atomic mass is 10.1. The van der Waals surface area contributed by atoms with E-state index in [1.165, 1.54) is 42.4 Å². The Kier molecular flexibility index (Phi) is 8.36. The minimum absolute atomic E-state index is 0.842. The summed E-state index contributed by atoms with van der Waals surface area (Å²) in [5.74, 6) is 1.08. The number of unbranched alkanes of at least 4 members (excludes halogenated alkanes) is 3. The first-order chi connectivity index (χ1) is 9.69. The van der Waals surface area contributed by atoms with E-state index in [0.717, 1.165) is 31.9 Å². The molecule has 0 saturated carbocycles. The molecular formula is C18H31NO. The molecule has 0 aromatic heterocycles. The average molecular weight is 277 g/mol. The molecule has 0 spiro atoms. The molecule has 0 aliphatic heterocycles. The van der Waals surface area contributed by atoms with Crippen molar-refractivity contribution in [3.8, 4) is 5.75 Å². The van der Waals surface area contributed by atoms with Gasteiger partial charge < -0.3 is 10.1 Å². The van der Waals surface area contributed by atoms with Crippen molar-refractivity contribution in [2.24, 2.45) is 0 Å². The molecule has 2 heteroatoms. The quantitative estimate of drug-likeness (QED) is 0.622. The second-order valence-corrected chi connectivity index (χ2v) is 5.64. The van der Waals surface area contributed by atoms with E-state index in [0.29, 0.717) is 0 Å². The topological polar surface area (TPSA) is 21.3 Å². The number of aryl methyl sites for hydroxylation is 2. The molecule has 1 N–H and O–H groups in total. The van der Waals surface area contributed by atoms with Gasteiger partial charge in [0, 0.05) is 6.54 Å². The summed E-state index contributed by atoms with van der Waals surface area (Å²) in [6, 6.07) is 4.49. The Labute approximate surface area is 124 Å². The summed E-state index contributed by atoms with van der Waals surface area (Å²) in [5, 5.41) is 3.45. The molecule has 114 valence electrons. The zero-order valence-corrected chi connectivity index (χ0v) is 13.7. The highest BCUT2D eigenvalue weighted by Gasteiger charge is 2.06. The summed E-state index contributed by atoms with van der Waals surface area (Å²) in [6.07, 6.45) is 6.19. The molecule has 0 heterocycles. The van der Waals surface area contributed by atoms with Crippen molar-refractivity contribution in [3.63, 3.8) is 0 Å². The van der Waals surface area contributed by atoms with Crippen molar-refractivity contribution in [3.05, 3.63) is 28.8 Å². The van der Waals surface area contributed by atoms with Crippen molar-refractivity contribution in [2.45, 2.75) is 66.3 Å². The van der Waals surface area contributed by atoms with Gasteiger partial charge in [-0.25, -0.2) is 0 Å². The molecule has 0 fully saturated rings. The van der Waals surface area contributed by atoms with Crippen molar-refractivity contribution >= 4 is 0 Å². The molecule has 1 rings (SSSR count). The standard InChI is InChI=1S/C18H31NO/c1-5-7-8-9-11-20-18-15(3)12-17(13-16(18)4)14-19-10-6-2/h12-13,19H,5-11,14H2,1-4H3. The van der Waals surface area contributed by atoms with Crippen LogP contribution in [-0.2, 0) is 6.54 Å². The van der Waals surface area contributed by atoms with E-state index >= 15 is 0 Å². The van der Waals surface area contributed by atoms with Crippen molar-refractivity contribution in [2.75, 3.05) is 13.2 Å². The summed E-state index contributed by atoms with van der Waals surface area (Å²) in [4.78, 5) is 0. The minimum Gasteiger partial charge on any atom is -0.493 e. The number of nitrogens with one attached hydrogen (secondary N) is 1. The van der Waals surface area contributed by atoms with Crippen LogP contribution in [0.1, 0.15) is 62.6 Å². The maximum absolute atomic E-state index is 5.97. The third kappa shape index (κ3) is 5.96. The SMILES string of the molecule is CCCCCCOc1c(C)cc(CNCCC)cc1C. The smallest absolute Gasteiger partial charge is 0.125 e. The van der Waals surface area contributed by atoms with Crippen molar-refractivity contribution in [1.82, 2.24) is 5.32 Å². The largest absolute Gasteiger partial charge is 0.493 e. The molecule has 20 heavy (non-hydrogen) atoms. The van der Waals surface area contributed by atoms with Crippen LogP contribution in [-0.4, -0.2) is 13.2 Å². The molecule has 0 amide bonds. The van der Waals surface area contributed by atoms with E-state index in [9.17, 15) is 0 Å². The van der Waals surface area contributed by atoms with Gasteiger partial charge in [-0.05, 0) is 49.9 Å². The second kappa shape index (κ2) is 9.82. The van der Waals surface area contributed by atoms with Crippen LogP contribution in [0.2, 0.25) is 0 Å². The predicted molar refractivity (Wildman–Crippen MR) is 87.6 cm³/mol. The van der Waals surface area contributed by atoms with Gasteiger partial charge in [0.25, 0.3) is 0 Å². The molecule has 1 aromatic carbocycles. The Morgan fingerprint density at radius 3 is 2.25 bits per heavy atom. The highest BCUT2D eigenvalue weighted by atomic mass is 16.5. The summed E-state index contributed by atoms with van der Waals surface area (Å²) >= 11 is 0. The van der Waals surface area contributed by atoms with Crippen LogP contribution in [0.4, 0.5) is 0 Å². The molecule has 0 unspecified atom stereocenters. The third-order valence-corrected chi connectivity index (χ3v) is 3.52. The first kappa shape index (κ1) is 17.0. The molecular weight excluding hydrogens is 246 g/mol. The van der Waals surface area contributed by atoms with Gasteiger partial charge in [0.15, 0.2) is 0 Å². The number of hydrogen-bond acceptors (Lipinski definition) is 2. The minimum atomic E-state index is 0.842. The second-order valence-electron chi connectivity index (χ2n) is 5.64. The maximum Gasteiger partial charge on any atom is 0.125 e. The number of ether oxygens (including phenoxy) is 1. The summed E-state index contributed by atoms with van der Waals surface area (Å²) in [5.41, 5.74) is 3.87. The predicted octanol–water partition coefficient (Wildman–Crippen LogP) is 4.76. The maximum atomic E-state index is 5.97. The van der Waals surface area contributed by atoms with Gasteiger partial charge in [0.05, 0.1) is 6.61 Å². The fourth-order valence-corrected chi connectivity index (χ4v) is 2.48. The molecule has 1 aromatic rings. The lowest BCUT2D eigenvalue weighted by molar-refractivity contribution is 0.301. The van der Waals surface area contributed by atoms with Gasteiger partial charge in [-0.15, -0.1) is 0 Å². The van der Waals surface area contributed by atoms with Crippen LogP contribution in [0.25, 0.3) is 0 Å². The van der Waals surface area contributed by atoms with E-state index in [4.69, 9.17) is 4.74 Å². The van der Waals surface area contributed by atoms with Crippen LogP contribution < -0.4 is 10.1 Å².